The summed E-state index contributed by atoms with van der Waals surface area (Å²) in [5, 5.41) is 6.18. The van der Waals surface area contributed by atoms with Gasteiger partial charge in [-0.25, -0.2) is 0 Å². The minimum absolute atomic E-state index is 0. The second kappa shape index (κ2) is 7.83. The number of alkyl halides is 3. The van der Waals surface area contributed by atoms with Crippen LogP contribution in [0.25, 0.3) is 0 Å². The van der Waals surface area contributed by atoms with E-state index in [1.165, 1.54) is 6.07 Å². The summed E-state index contributed by atoms with van der Waals surface area (Å²) in [6.45, 7) is 2.89. The molecule has 1 saturated heterocycles. The summed E-state index contributed by atoms with van der Waals surface area (Å²) in [5.74, 6) is -0.228. The first kappa shape index (κ1) is 18.8. The third-order valence-electron chi connectivity index (χ3n) is 3.61. The molecular weight excluding hydrogens is 317 g/mol. The Hall–Kier alpha value is -1.27. The number of nitrogens with one attached hydrogen (secondary N) is 2. The van der Waals surface area contributed by atoms with Crippen LogP contribution in [0.3, 0.4) is 0 Å². The fourth-order valence-corrected chi connectivity index (χ4v) is 2.58. The van der Waals surface area contributed by atoms with Crippen LogP contribution in [-0.4, -0.2) is 24.5 Å². The number of carbonyl (C=O) groups excluding carboxylic acids is 1. The summed E-state index contributed by atoms with van der Waals surface area (Å²) in [6.07, 6.45) is -2.72. The van der Waals surface area contributed by atoms with Crippen LogP contribution < -0.4 is 10.6 Å². The summed E-state index contributed by atoms with van der Waals surface area (Å²) >= 11 is 0. The van der Waals surface area contributed by atoms with Crippen LogP contribution in [0.1, 0.15) is 30.9 Å². The molecule has 2 rings (SSSR count). The van der Waals surface area contributed by atoms with Gasteiger partial charge in [-0.1, -0.05) is 18.2 Å². The molecule has 124 valence electrons. The lowest BCUT2D eigenvalue weighted by atomic mass is 10.00. The zero-order chi connectivity index (χ0) is 15.5. The maximum absolute atomic E-state index is 12.6. The van der Waals surface area contributed by atoms with Gasteiger partial charge in [0.15, 0.2) is 0 Å². The van der Waals surface area contributed by atoms with Crippen molar-refractivity contribution >= 4 is 18.3 Å². The largest absolute Gasteiger partial charge is 0.416 e. The van der Waals surface area contributed by atoms with Crippen molar-refractivity contribution in [1.29, 1.82) is 0 Å². The van der Waals surface area contributed by atoms with Crippen molar-refractivity contribution in [2.75, 3.05) is 6.54 Å². The van der Waals surface area contributed by atoms with Gasteiger partial charge in [0.05, 0.1) is 12.0 Å². The molecular formula is C15H20ClF3N2O. The highest BCUT2D eigenvalue weighted by molar-refractivity contribution is 5.85. The molecule has 2 atom stereocenters. The molecule has 2 N–H and O–H groups in total. The van der Waals surface area contributed by atoms with Crippen molar-refractivity contribution in [2.45, 2.75) is 44.4 Å². The average Bonchev–Trinajstić information content (AvgIpc) is 2.37. The number of amides is 1. The number of benzene rings is 1. The molecule has 7 heteroatoms. The van der Waals surface area contributed by atoms with Crippen molar-refractivity contribution in [3.05, 3.63) is 35.4 Å². The van der Waals surface area contributed by atoms with Gasteiger partial charge in [0.2, 0.25) is 5.91 Å². The van der Waals surface area contributed by atoms with Gasteiger partial charge in [0.25, 0.3) is 0 Å². The maximum atomic E-state index is 12.6. The average molecular weight is 337 g/mol. The second-order valence-electron chi connectivity index (χ2n) is 5.52. The monoisotopic (exact) mass is 336 g/mol. The molecule has 0 spiro atoms. The standard InChI is InChI=1S/C15H19F3N2O.ClH/c1-10-7-13(5-6-19-10)20-14(21)9-11-3-2-4-12(8-11)15(16,17)18;/h2-4,8,10,13,19H,5-7,9H2,1H3,(H,20,21);1H. The molecule has 3 nitrogen and oxygen atoms in total. The molecule has 0 aromatic heterocycles. The van der Waals surface area contributed by atoms with Crippen molar-refractivity contribution in [3.63, 3.8) is 0 Å². The SMILES string of the molecule is CC1CC(NC(=O)Cc2cccc(C(F)(F)F)c2)CCN1.Cl. The minimum atomic E-state index is -4.38. The lowest BCUT2D eigenvalue weighted by Gasteiger charge is -2.28. The number of piperidine rings is 1. The maximum Gasteiger partial charge on any atom is 0.416 e. The van der Waals surface area contributed by atoms with E-state index in [1.54, 1.807) is 6.07 Å². The quantitative estimate of drug-likeness (QED) is 0.891. The lowest BCUT2D eigenvalue weighted by Crippen LogP contribution is -2.46. The van der Waals surface area contributed by atoms with E-state index >= 15 is 0 Å². The molecule has 0 radical (unpaired) electrons. The topological polar surface area (TPSA) is 41.1 Å². The normalized spacial score (nSPS) is 21.8. The zero-order valence-corrected chi connectivity index (χ0v) is 13.1. The molecule has 22 heavy (non-hydrogen) atoms. The van der Waals surface area contributed by atoms with E-state index in [0.717, 1.165) is 31.5 Å². The molecule has 1 aromatic rings. The Morgan fingerprint density at radius 3 is 2.77 bits per heavy atom. The molecule has 1 heterocycles. The fraction of sp³-hybridized carbons (Fsp3) is 0.533. The van der Waals surface area contributed by atoms with Crippen LogP contribution in [0.15, 0.2) is 24.3 Å². The first-order chi connectivity index (χ1) is 9.84. The van der Waals surface area contributed by atoms with E-state index in [2.05, 4.69) is 10.6 Å². The third kappa shape index (κ3) is 5.50. The van der Waals surface area contributed by atoms with Gasteiger partial charge in [-0.2, -0.15) is 13.2 Å². The van der Waals surface area contributed by atoms with Crippen molar-refractivity contribution in [2.24, 2.45) is 0 Å². The first-order valence-electron chi connectivity index (χ1n) is 7.03. The van der Waals surface area contributed by atoms with Gasteiger partial charge in [-0.15, -0.1) is 12.4 Å². The Labute approximate surface area is 134 Å². The van der Waals surface area contributed by atoms with Crippen LogP contribution in [0.2, 0.25) is 0 Å². The smallest absolute Gasteiger partial charge is 0.353 e. The molecule has 0 aliphatic carbocycles. The lowest BCUT2D eigenvalue weighted by molar-refractivity contribution is -0.137. The van der Waals surface area contributed by atoms with E-state index in [0.29, 0.717) is 11.6 Å². The Kier molecular flexibility index (Phi) is 6.68. The van der Waals surface area contributed by atoms with Gasteiger partial charge in [0, 0.05) is 12.1 Å². The van der Waals surface area contributed by atoms with Crippen LogP contribution in [0.5, 0.6) is 0 Å². The minimum Gasteiger partial charge on any atom is -0.353 e. The highest BCUT2D eigenvalue weighted by Crippen LogP contribution is 2.29. The van der Waals surface area contributed by atoms with Crippen molar-refractivity contribution < 1.29 is 18.0 Å². The summed E-state index contributed by atoms with van der Waals surface area (Å²) in [6, 6.07) is 5.36. The summed E-state index contributed by atoms with van der Waals surface area (Å²) < 4.78 is 37.8. The van der Waals surface area contributed by atoms with Gasteiger partial charge < -0.3 is 10.6 Å². The van der Waals surface area contributed by atoms with Crippen molar-refractivity contribution in [3.8, 4) is 0 Å². The van der Waals surface area contributed by atoms with E-state index in [-0.39, 0.29) is 30.8 Å². The van der Waals surface area contributed by atoms with Gasteiger partial charge in [0.1, 0.15) is 0 Å². The van der Waals surface area contributed by atoms with Crippen molar-refractivity contribution in [1.82, 2.24) is 10.6 Å². The predicted molar refractivity (Wildman–Crippen MR) is 81.0 cm³/mol. The van der Waals surface area contributed by atoms with E-state index < -0.39 is 11.7 Å². The molecule has 0 saturated carbocycles. The Balaban J connectivity index is 0.00000242. The number of hydrogen-bond acceptors (Lipinski definition) is 2. The summed E-state index contributed by atoms with van der Waals surface area (Å²) in [7, 11) is 0. The molecule has 1 aliphatic heterocycles. The van der Waals surface area contributed by atoms with Crippen LogP contribution >= 0.6 is 12.4 Å². The van der Waals surface area contributed by atoms with Gasteiger partial charge in [-0.05, 0) is 37.9 Å². The Morgan fingerprint density at radius 1 is 1.41 bits per heavy atom. The fourth-order valence-electron chi connectivity index (χ4n) is 2.58. The van der Waals surface area contributed by atoms with E-state index in [1.807, 2.05) is 6.92 Å². The predicted octanol–water partition coefficient (Wildman–Crippen LogP) is 2.93. The van der Waals surface area contributed by atoms with E-state index in [4.69, 9.17) is 0 Å². The Morgan fingerprint density at radius 2 is 2.14 bits per heavy atom. The number of rotatable bonds is 3. The first-order valence-corrected chi connectivity index (χ1v) is 7.03. The zero-order valence-electron chi connectivity index (χ0n) is 12.2. The van der Waals surface area contributed by atoms with Crippen LogP contribution in [-0.2, 0) is 17.4 Å². The highest BCUT2D eigenvalue weighted by Gasteiger charge is 2.30. The second-order valence-corrected chi connectivity index (χ2v) is 5.52. The third-order valence-corrected chi connectivity index (χ3v) is 3.61. The molecule has 2 unspecified atom stereocenters. The summed E-state index contributed by atoms with van der Waals surface area (Å²) in [5.41, 5.74) is -0.340. The molecule has 0 bridgehead atoms. The number of carbonyl (C=O) groups is 1. The van der Waals surface area contributed by atoms with Gasteiger partial charge >= 0.3 is 6.18 Å². The molecule has 1 amide bonds. The molecule has 1 aromatic carbocycles. The highest BCUT2D eigenvalue weighted by atomic mass is 35.5. The number of hydrogen-bond donors (Lipinski definition) is 2. The summed E-state index contributed by atoms with van der Waals surface area (Å²) in [4.78, 5) is 11.9. The Bertz CT molecular complexity index is 508. The molecule has 1 aliphatic rings. The van der Waals surface area contributed by atoms with Crippen LogP contribution in [0.4, 0.5) is 13.2 Å². The van der Waals surface area contributed by atoms with E-state index in [9.17, 15) is 18.0 Å². The number of halogens is 4. The molecule has 1 fully saturated rings. The van der Waals surface area contributed by atoms with Gasteiger partial charge in [-0.3, -0.25) is 4.79 Å². The van der Waals surface area contributed by atoms with Crippen LogP contribution in [0, 0.1) is 0 Å².